The van der Waals surface area contributed by atoms with Crippen LogP contribution >= 0.6 is 0 Å². The maximum atomic E-state index is 12.5. The fourth-order valence-corrected chi connectivity index (χ4v) is 1.19. The van der Waals surface area contributed by atoms with Crippen LogP contribution in [0.5, 0.6) is 0 Å². The first-order chi connectivity index (χ1) is 8.36. The zero-order valence-corrected chi connectivity index (χ0v) is 8.78. The molecule has 0 fully saturated rings. The molecule has 0 aliphatic carbocycles. The number of alkyl halides is 3. The van der Waals surface area contributed by atoms with Crippen LogP contribution in [0.1, 0.15) is 17.5 Å². The summed E-state index contributed by atoms with van der Waals surface area (Å²) in [5.41, 5.74) is -2.31. The van der Waals surface area contributed by atoms with E-state index in [0.717, 1.165) is 12.1 Å². The van der Waals surface area contributed by atoms with Crippen molar-refractivity contribution < 1.29 is 18.1 Å². The van der Waals surface area contributed by atoms with Crippen molar-refractivity contribution in [3.8, 4) is 17.9 Å². The number of hydrogen-bond acceptors (Lipinski definition) is 3. The molecule has 4 nitrogen and oxygen atoms in total. The number of nitrogens with zero attached hydrogens (tertiary/aromatic N) is 2. The maximum absolute atomic E-state index is 12.5. The van der Waals surface area contributed by atoms with Crippen LogP contribution in [0, 0.1) is 33.3 Å². The van der Waals surface area contributed by atoms with Gasteiger partial charge in [-0.05, 0) is 12.1 Å². The number of nitro benzene ring substituents is 1. The first kappa shape index (κ1) is 13.5. The Kier molecular flexibility index (Phi) is 3.90. The molecule has 1 rings (SSSR count). The average molecular weight is 254 g/mol. The molecule has 0 N–H and O–H groups in total. The molecule has 18 heavy (non-hydrogen) atoms. The zero-order valence-electron chi connectivity index (χ0n) is 8.78. The van der Waals surface area contributed by atoms with Crippen LogP contribution in [0.25, 0.3) is 0 Å². The van der Waals surface area contributed by atoms with Crippen molar-refractivity contribution in [1.29, 1.82) is 5.26 Å². The zero-order chi connectivity index (χ0) is 13.8. The van der Waals surface area contributed by atoms with Crippen LogP contribution in [0.15, 0.2) is 18.2 Å². The maximum Gasteiger partial charge on any atom is 0.422 e. The van der Waals surface area contributed by atoms with Gasteiger partial charge in [0.2, 0.25) is 0 Å². The van der Waals surface area contributed by atoms with E-state index < -0.39 is 22.4 Å². The van der Waals surface area contributed by atoms with Crippen molar-refractivity contribution in [2.45, 2.75) is 12.6 Å². The molecule has 0 unspecified atom stereocenters. The smallest absolute Gasteiger partial charge is 0.258 e. The molecular formula is C11H5F3N2O2. The van der Waals surface area contributed by atoms with E-state index >= 15 is 0 Å². The van der Waals surface area contributed by atoms with Gasteiger partial charge >= 0.3 is 6.18 Å². The van der Waals surface area contributed by atoms with E-state index in [0.29, 0.717) is 6.07 Å². The van der Waals surface area contributed by atoms with E-state index in [4.69, 9.17) is 5.26 Å². The molecule has 1 aromatic rings. The van der Waals surface area contributed by atoms with Gasteiger partial charge in [0.1, 0.15) is 5.56 Å². The molecule has 0 saturated carbocycles. The third-order valence-corrected chi connectivity index (χ3v) is 1.90. The van der Waals surface area contributed by atoms with Gasteiger partial charge in [-0.25, -0.2) is 0 Å². The summed E-state index contributed by atoms with van der Waals surface area (Å²) in [5, 5.41) is 18.8. The minimum absolute atomic E-state index is 0.0601. The topological polar surface area (TPSA) is 66.9 Å². The Bertz CT molecular complexity index is 577. The Morgan fingerprint density at radius 3 is 2.56 bits per heavy atom. The van der Waals surface area contributed by atoms with Crippen molar-refractivity contribution in [2.75, 3.05) is 0 Å². The summed E-state index contributed by atoms with van der Waals surface area (Å²) >= 11 is 0. The van der Waals surface area contributed by atoms with Crippen molar-refractivity contribution in [1.82, 2.24) is 0 Å². The Hall–Kier alpha value is -2.54. The molecule has 7 heteroatoms. The van der Waals surface area contributed by atoms with Crippen LogP contribution < -0.4 is 0 Å². The molecule has 0 amide bonds. The fraction of sp³-hybridized carbons (Fsp3) is 0.182. The summed E-state index contributed by atoms with van der Waals surface area (Å²) in [5.74, 6) is 4.74. The lowest BCUT2D eigenvalue weighted by Crippen LogP contribution is -2.08. The average Bonchev–Trinajstić information content (AvgIpc) is 2.27. The Morgan fingerprint density at radius 1 is 1.39 bits per heavy atom. The SMILES string of the molecule is N#CCC#Cc1ccc(C(F)(F)F)c([N+](=O)[O-])c1. The third-order valence-electron chi connectivity index (χ3n) is 1.90. The van der Waals surface area contributed by atoms with E-state index in [9.17, 15) is 23.3 Å². The second kappa shape index (κ2) is 5.19. The van der Waals surface area contributed by atoms with Gasteiger partial charge in [-0.2, -0.15) is 18.4 Å². The van der Waals surface area contributed by atoms with E-state index in [1.165, 1.54) is 0 Å². The fourth-order valence-electron chi connectivity index (χ4n) is 1.19. The van der Waals surface area contributed by atoms with Crippen LogP contribution in [0.2, 0.25) is 0 Å². The number of halogens is 3. The van der Waals surface area contributed by atoms with E-state index in [1.54, 1.807) is 6.07 Å². The summed E-state index contributed by atoms with van der Waals surface area (Å²) in [6.45, 7) is 0. The van der Waals surface area contributed by atoms with Crippen LogP contribution in [0.3, 0.4) is 0 Å². The standard InChI is InChI=1S/C11H5F3N2O2/c12-11(13,14)9-5-4-8(3-1-2-6-15)7-10(9)16(17)18/h4-5,7H,2H2. The lowest BCUT2D eigenvalue weighted by Gasteiger charge is -2.07. The molecule has 0 radical (unpaired) electrons. The number of rotatable bonds is 1. The summed E-state index contributed by atoms with van der Waals surface area (Å²) in [4.78, 5) is 9.44. The number of hydrogen-bond donors (Lipinski definition) is 0. The monoisotopic (exact) mass is 254 g/mol. The normalized spacial score (nSPS) is 10.1. The van der Waals surface area contributed by atoms with Gasteiger partial charge in [0, 0.05) is 11.6 Å². The highest BCUT2D eigenvalue weighted by Crippen LogP contribution is 2.36. The van der Waals surface area contributed by atoms with Gasteiger partial charge in [0.05, 0.1) is 17.4 Å². The molecule has 0 aliphatic rings. The lowest BCUT2D eigenvalue weighted by atomic mass is 10.1. The Balaban J connectivity index is 3.26. The minimum atomic E-state index is -4.79. The largest absolute Gasteiger partial charge is 0.422 e. The van der Waals surface area contributed by atoms with Crippen LogP contribution in [-0.2, 0) is 6.18 Å². The molecular weight excluding hydrogens is 249 g/mol. The molecule has 0 saturated heterocycles. The van der Waals surface area contributed by atoms with Crippen molar-refractivity contribution in [2.24, 2.45) is 0 Å². The number of benzene rings is 1. The second-order valence-corrected chi connectivity index (χ2v) is 3.12. The van der Waals surface area contributed by atoms with Gasteiger partial charge in [0.25, 0.3) is 5.69 Å². The van der Waals surface area contributed by atoms with Gasteiger partial charge in [0.15, 0.2) is 0 Å². The third kappa shape index (κ3) is 3.22. The molecule has 0 spiro atoms. The number of nitro groups is 1. The second-order valence-electron chi connectivity index (χ2n) is 3.12. The summed E-state index contributed by atoms with van der Waals surface area (Å²) in [6, 6.07) is 4.10. The minimum Gasteiger partial charge on any atom is -0.258 e. The van der Waals surface area contributed by atoms with E-state index in [1.807, 2.05) is 0 Å². The molecule has 0 bridgehead atoms. The molecule has 0 atom stereocenters. The Labute approximate surface area is 99.8 Å². The van der Waals surface area contributed by atoms with Crippen molar-refractivity contribution in [3.63, 3.8) is 0 Å². The quantitative estimate of drug-likeness (QED) is 0.439. The summed E-state index contributed by atoms with van der Waals surface area (Å²) in [6.07, 6.45) is -4.89. The van der Waals surface area contributed by atoms with E-state index in [2.05, 4.69) is 11.8 Å². The van der Waals surface area contributed by atoms with E-state index in [-0.39, 0.29) is 12.0 Å². The molecule has 0 aromatic heterocycles. The molecule has 1 aromatic carbocycles. The highest BCUT2D eigenvalue weighted by atomic mass is 19.4. The van der Waals surface area contributed by atoms with Gasteiger partial charge in [-0.1, -0.05) is 11.8 Å². The summed E-state index contributed by atoms with van der Waals surface area (Å²) < 4.78 is 37.4. The van der Waals surface area contributed by atoms with Gasteiger partial charge in [-0.15, -0.1) is 0 Å². The molecule has 0 heterocycles. The van der Waals surface area contributed by atoms with Gasteiger partial charge < -0.3 is 0 Å². The molecule has 0 aliphatic heterocycles. The Morgan fingerprint density at radius 2 is 2.06 bits per heavy atom. The van der Waals surface area contributed by atoms with Crippen molar-refractivity contribution >= 4 is 5.69 Å². The first-order valence-electron chi connectivity index (χ1n) is 4.57. The van der Waals surface area contributed by atoms with Crippen LogP contribution in [-0.4, -0.2) is 4.92 Å². The van der Waals surface area contributed by atoms with Gasteiger partial charge in [-0.3, -0.25) is 10.1 Å². The van der Waals surface area contributed by atoms with Crippen LogP contribution in [0.4, 0.5) is 18.9 Å². The highest BCUT2D eigenvalue weighted by molar-refractivity contribution is 5.50. The predicted octanol–water partition coefficient (Wildman–Crippen LogP) is 2.88. The lowest BCUT2D eigenvalue weighted by molar-refractivity contribution is -0.388. The molecule has 92 valence electrons. The summed E-state index contributed by atoms with van der Waals surface area (Å²) in [7, 11) is 0. The number of nitriles is 1. The van der Waals surface area contributed by atoms with Crippen molar-refractivity contribution in [3.05, 3.63) is 39.4 Å². The highest BCUT2D eigenvalue weighted by Gasteiger charge is 2.38. The first-order valence-corrected chi connectivity index (χ1v) is 4.57. The predicted molar refractivity (Wildman–Crippen MR) is 55.2 cm³/mol.